The van der Waals surface area contributed by atoms with Gasteiger partial charge in [-0.1, -0.05) is 17.7 Å². The molecule has 1 aliphatic heterocycles. The minimum Gasteiger partial charge on any atom is -0.383 e. The minimum atomic E-state index is -0.303. The van der Waals surface area contributed by atoms with Gasteiger partial charge in [0.25, 0.3) is 5.56 Å². The van der Waals surface area contributed by atoms with Gasteiger partial charge < -0.3 is 19.9 Å². The van der Waals surface area contributed by atoms with Crippen LogP contribution in [0.2, 0.25) is 5.02 Å². The van der Waals surface area contributed by atoms with Crippen LogP contribution in [0.1, 0.15) is 0 Å². The maximum absolute atomic E-state index is 12.0. The van der Waals surface area contributed by atoms with Crippen LogP contribution in [0.4, 0.5) is 11.5 Å². The van der Waals surface area contributed by atoms with Crippen molar-refractivity contribution in [2.24, 2.45) is 0 Å². The number of amides is 1. The first-order valence-electron chi connectivity index (χ1n) is 9.16. The van der Waals surface area contributed by atoms with E-state index in [0.717, 1.165) is 36.9 Å². The molecule has 2 aromatic rings. The third kappa shape index (κ3) is 5.24. The van der Waals surface area contributed by atoms with Gasteiger partial charge in [-0.15, -0.1) is 0 Å². The standard InChI is InChI=1S/C19H24ClN5O3/c1-28-12-7-21-18(26)14-25-19(27)6-5-17(22-25)24-10-8-23(9-11-24)16-4-2-3-15(20)13-16/h2-6,13H,7-12,14H2,1H3,(H,21,26). The van der Waals surface area contributed by atoms with E-state index in [9.17, 15) is 9.59 Å². The summed E-state index contributed by atoms with van der Waals surface area (Å²) in [4.78, 5) is 28.4. The van der Waals surface area contributed by atoms with Crippen LogP contribution in [0.5, 0.6) is 0 Å². The summed E-state index contributed by atoms with van der Waals surface area (Å²) in [5.41, 5.74) is 0.793. The minimum absolute atomic E-state index is 0.112. The highest BCUT2D eigenvalue weighted by Gasteiger charge is 2.19. The molecule has 3 rings (SSSR count). The van der Waals surface area contributed by atoms with E-state index in [-0.39, 0.29) is 18.0 Å². The first-order chi connectivity index (χ1) is 13.6. The van der Waals surface area contributed by atoms with Crippen LogP contribution in [-0.2, 0) is 16.1 Å². The quantitative estimate of drug-likeness (QED) is 0.692. The number of nitrogens with one attached hydrogen (secondary N) is 1. The third-order valence-corrected chi connectivity index (χ3v) is 4.79. The maximum atomic E-state index is 12.0. The van der Waals surface area contributed by atoms with E-state index in [2.05, 4.69) is 20.2 Å². The molecule has 0 unspecified atom stereocenters. The van der Waals surface area contributed by atoms with Gasteiger partial charge in [-0.2, -0.15) is 5.10 Å². The largest absolute Gasteiger partial charge is 0.383 e. The van der Waals surface area contributed by atoms with Crippen LogP contribution in [0.3, 0.4) is 0 Å². The first kappa shape index (κ1) is 20.2. The fraction of sp³-hybridized carbons (Fsp3) is 0.421. The third-order valence-electron chi connectivity index (χ3n) is 4.55. The second kappa shape index (κ2) is 9.57. The topological polar surface area (TPSA) is 79.7 Å². The van der Waals surface area contributed by atoms with E-state index < -0.39 is 0 Å². The number of aromatic nitrogens is 2. The number of rotatable bonds is 7. The molecule has 0 radical (unpaired) electrons. The zero-order chi connectivity index (χ0) is 19.9. The lowest BCUT2D eigenvalue weighted by atomic mass is 10.2. The van der Waals surface area contributed by atoms with Crippen LogP contribution in [0.15, 0.2) is 41.2 Å². The Morgan fingerprint density at radius 2 is 1.93 bits per heavy atom. The molecule has 0 bridgehead atoms. The Kier molecular flexibility index (Phi) is 6.89. The molecule has 1 aromatic carbocycles. The van der Waals surface area contributed by atoms with Crippen LogP contribution in [-0.4, -0.2) is 62.1 Å². The lowest BCUT2D eigenvalue weighted by Crippen LogP contribution is -2.47. The molecule has 1 N–H and O–H groups in total. The number of hydrogen-bond acceptors (Lipinski definition) is 6. The second-order valence-electron chi connectivity index (χ2n) is 6.48. The monoisotopic (exact) mass is 405 g/mol. The summed E-state index contributed by atoms with van der Waals surface area (Å²) in [7, 11) is 1.56. The summed E-state index contributed by atoms with van der Waals surface area (Å²) in [6.45, 7) is 3.87. The molecular weight excluding hydrogens is 382 g/mol. The lowest BCUT2D eigenvalue weighted by molar-refractivity contribution is -0.122. The molecule has 0 aliphatic carbocycles. The number of carbonyl (C=O) groups is 1. The van der Waals surface area contributed by atoms with Crippen molar-refractivity contribution >= 4 is 29.0 Å². The van der Waals surface area contributed by atoms with Crippen molar-refractivity contribution in [1.82, 2.24) is 15.1 Å². The molecule has 0 saturated carbocycles. The van der Waals surface area contributed by atoms with Gasteiger partial charge in [0, 0.05) is 56.6 Å². The molecular formula is C19H24ClN5O3. The Morgan fingerprint density at radius 3 is 2.64 bits per heavy atom. The fourth-order valence-electron chi connectivity index (χ4n) is 3.07. The van der Waals surface area contributed by atoms with Crippen molar-refractivity contribution in [3.63, 3.8) is 0 Å². The van der Waals surface area contributed by atoms with Gasteiger partial charge in [0.1, 0.15) is 12.4 Å². The Hall–Kier alpha value is -2.58. The molecule has 0 spiro atoms. The summed E-state index contributed by atoms with van der Waals surface area (Å²) < 4.78 is 6.09. The Morgan fingerprint density at radius 1 is 1.18 bits per heavy atom. The Bertz CT molecular complexity index is 865. The SMILES string of the molecule is COCCNC(=O)Cn1nc(N2CCN(c3cccc(Cl)c3)CC2)ccc1=O. The van der Waals surface area contributed by atoms with Crippen molar-refractivity contribution < 1.29 is 9.53 Å². The van der Waals surface area contributed by atoms with Crippen molar-refractivity contribution in [2.45, 2.75) is 6.54 Å². The average Bonchev–Trinajstić information content (AvgIpc) is 2.70. The van der Waals surface area contributed by atoms with E-state index in [4.69, 9.17) is 16.3 Å². The molecule has 1 fully saturated rings. The van der Waals surface area contributed by atoms with Crippen LogP contribution in [0.25, 0.3) is 0 Å². The second-order valence-corrected chi connectivity index (χ2v) is 6.92. The van der Waals surface area contributed by atoms with Gasteiger partial charge in [0.05, 0.1) is 6.61 Å². The number of nitrogens with zero attached hydrogens (tertiary/aromatic N) is 4. The van der Waals surface area contributed by atoms with E-state index in [0.29, 0.717) is 19.0 Å². The molecule has 8 nitrogen and oxygen atoms in total. The average molecular weight is 406 g/mol. The molecule has 2 heterocycles. The molecule has 1 aromatic heterocycles. The molecule has 150 valence electrons. The molecule has 1 amide bonds. The van der Waals surface area contributed by atoms with Crippen molar-refractivity contribution in [3.05, 3.63) is 51.8 Å². The molecule has 9 heteroatoms. The van der Waals surface area contributed by atoms with Gasteiger partial charge in [-0.05, 0) is 24.3 Å². The summed E-state index contributed by atoms with van der Waals surface area (Å²) in [6.07, 6.45) is 0. The zero-order valence-electron chi connectivity index (χ0n) is 15.8. The van der Waals surface area contributed by atoms with E-state index >= 15 is 0 Å². The molecule has 28 heavy (non-hydrogen) atoms. The number of carbonyl (C=O) groups excluding carboxylic acids is 1. The van der Waals surface area contributed by atoms with E-state index in [1.165, 1.54) is 10.7 Å². The van der Waals surface area contributed by atoms with Crippen molar-refractivity contribution in [1.29, 1.82) is 0 Å². The highest BCUT2D eigenvalue weighted by molar-refractivity contribution is 6.30. The number of anilines is 2. The molecule has 1 aliphatic rings. The lowest BCUT2D eigenvalue weighted by Gasteiger charge is -2.36. The molecule has 1 saturated heterocycles. The smallest absolute Gasteiger partial charge is 0.267 e. The van der Waals surface area contributed by atoms with Gasteiger partial charge >= 0.3 is 0 Å². The number of methoxy groups -OCH3 is 1. The van der Waals surface area contributed by atoms with E-state index in [1.807, 2.05) is 24.3 Å². The van der Waals surface area contributed by atoms with E-state index in [1.54, 1.807) is 13.2 Å². The van der Waals surface area contributed by atoms with Crippen molar-refractivity contribution in [2.75, 3.05) is 56.2 Å². The van der Waals surface area contributed by atoms with Gasteiger partial charge in [0.15, 0.2) is 0 Å². The number of halogens is 1. The number of benzene rings is 1. The summed E-state index contributed by atoms with van der Waals surface area (Å²) in [5.74, 6) is 0.421. The van der Waals surface area contributed by atoms with Gasteiger partial charge in [-0.25, -0.2) is 4.68 Å². The Balaban J connectivity index is 1.62. The van der Waals surface area contributed by atoms with Crippen LogP contribution < -0.4 is 20.7 Å². The normalized spacial score (nSPS) is 14.2. The highest BCUT2D eigenvalue weighted by Crippen LogP contribution is 2.22. The number of piperazine rings is 1. The number of ether oxygens (including phenoxy) is 1. The fourth-order valence-corrected chi connectivity index (χ4v) is 3.26. The molecule has 0 atom stereocenters. The first-order valence-corrected chi connectivity index (χ1v) is 9.54. The number of hydrogen-bond donors (Lipinski definition) is 1. The summed E-state index contributed by atoms with van der Waals surface area (Å²) in [5, 5.41) is 7.79. The predicted octanol–water partition coefficient (Wildman–Crippen LogP) is 0.986. The van der Waals surface area contributed by atoms with Crippen LogP contribution in [0, 0.1) is 0 Å². The summed E-state index contributed by atoms with van der Waals surface area (Å²) in [6, 6.07) is 11.0. The zero-order valence-corrected chi connectivity index (χ0v) is 16.6. The summed E-state index contributed by atoms with van der Waals surface area (Å²) >= 11 is 6.08. The van der Waals surface area contributed by atoms with Gasteiger partial charge in [-0.3, -0.25) is 9.59 Å². The predicted molar refractivity (Wildman–Crippen MR) is 109 cm³/mol. The van der Waals surface area contributed by atoms with Crippen LogP contribution >= 0.6 is 11.6 Å². The maximum Gasteiger partial charge on any atom is 0.267 e. The highest BCUT2D eigenvalue weighted by atomic mass is 35.5. The van der Waals surface area contributed by atoms with Crippen molar-refractivity contribution in [3.8, 4) is 0 Å². The Labute approximate surface area is 168 Å². The van der Waals surface area contributed by atoms with Gasteiger partial charge in [0.2, 0.25) is 5.91 Å².